The van der Waals surface area contributed by atoms with Crippen molar-refractivity contribution < 1.29 is 31.8 Å². The number of hydrogen-bond donors (Lipinski definition) is 2. The maximum atomic E-state index is 14.1. The third-order valence-corrected chi connectivity index (χ3v) is 8.58. The lowest BCUT2D eigenvalue weighted by Crippen LogP contribution is -2.63. The topological polar surface area (TPSA) is 82.2 Å². The molecule has 2 aromatic rings. The number of halogens is 4. The Labute approximate surface area is 255 Å². The number of aromatic nitrogens is 1. The maximum Gasteiger partial charge on any atom is 0.405 e. The Bertz CT molecular complexity index is 1290. The second-order valence-electron chi connectivity index (χ2n) is 12.3. The Morgan fingerprint density at radius 1 is 1.07 bits per heavy atom. The maximum absolute atomic E-state index is 14.1. The fraction of sp³-hybridized carbons (Fsp3) is 0.613. The van der Waals surface area contributed by atoms with E-state index in [0.29, 0.717) is 36.6 Å². The van der Waals surface area contributed by atoms with E-state index in [2.05, 4.69) is 46.2 Å². The highest BCUT2D eigenvalue weighted by atomic mass is 19.4. The minimum absolute atomic E-state index is 0.0112. The van der Waals surface area contributed by atoms with Crippen LogP contribution in [0, 0.1) is 5.82 Å². The molecule has 0 bridgehead atoms. The van der Waals surface area contributed by atoms with Gasteiger partial charge in [0.25, 0.3) is 0 Å². The van der Waals surface area contributed by atoms with Gasteiger partial charge in [-0.2, -0.15) is 18.2 Å². The predicted molar refractivity (Wildman–Crippen MR) is 160 cm³/mol. The van der Waals surface area contributed by atoms with Crippen LogP contribution in [0.1, 0.15) is 38.8 Å². The van der Waals surface area contributed by atoms with Gasteiger partial charge in [0.05, 0.1) is 25.8 Å². The van der Waals surface area contributed by atoms with Gasteiger partial charge in [0.2, 0.25) is 11.8 Å². The second kappa shape index (κ2) is 13.6. The van der Waals surface area contributed by atoms with Gasteiger partial charge >= 0.3 is 6.18 Å². The molecule has 44 heavy (non-hydrogen) atoms. The number of ether oxygens (including phenoxy) is 2. The Balaban J connectivity index is 1.41. The van der Waals surface area contributed by atoms with Crippen molar-refractivity contribution in [2.45, 2.75) is 70.5 Å². The van der Waals surface area contributed by atoms with Gasteiger partial charge in [-0.1, -0.05) is 12.1 Å². The van der Waals surface area contributed by atoms with Crippen molar-refractivity contribution in [2.75, 3.05) is 62.8 Å². The molecule has 2 saturated heterocycles. The molecule has 5 rings (SSSR count). The lowest BCUT2D eigenvalue weighted by atomic mass is 10.0. The number of carbonyl (C=O) groups is 1. The van der Waals surface area contributed by atoms with Crippen molar-refractivity contribution in [1.29, 1.82) is 0 Å². The number of carbonyl (C=O) groups excluding carboxylic acids is 1. The van der Waals surface area contributed by atoms with E-state index in [1.54, 1.807) is 23.1 Å². The molecular weight excluding hydrogens is 580 g/mol. The normalized spacial score (nSPS) is 26.6. The number of morpholine rings is 1. The summed E-state index contributed by atoms with van der Waals surface area (Å²) in [7, 11) is 0. The molecular formula is C31H42F4N6O3. The summed E-state index contributed by atoms with van der Waals surface area (Å²) in [5.74, 6) is -0.429. The van der Waals surface area contributed by atoms with Gasteiger partial charge in [-0.3, -0.25) is 14.6 Å². The number of anilines is 2. The van der Waals surface area contributed by atoms with Gasteiger partial charge < -0.3 is 25.0 Å². The summed E-state index contributed by atoms with van der Waals surface area (Å²) in [5.41, 5.74) is 1.55. The number of rotatable bonds is 8. The van der Waals surface area contributed by atoms with Crippen LogP contribution in [0.4, 0.5) is 29.1 Å². The first-order chi connectivity index (χ1) is 20.9. The summed E-state index contributed by atoms with van der Waals surface area (Å²) < 4.78 is 64.5. The molecule has 3 aliphatic rings. The van der Waals surface area contributed by atoms with Crippen LogP contribution in [0.25, 0.3) is 0 Å². The molecule has 0 unspecified atom stereocenters. The lowest BCUT2D eigenvalue weighted by Gasteiger charge is -2.46. The molecule has 0 aliphatic carbocycles. The van der Waals surface area contributed by atoms with Gasteiger partial charge in [-0.15, -0.1) is 0 Å². The van der Waals surface area contributed by atoms with Gasteiger partial charge in [0.1, 0.15) is 30.5 Å². The van der Waals surface area contributed by atoms with E-state index in [0.717, 1.165) is 13.1 Å². The average molecular weight is 623 g/mol. The highest BCUT2D eigenvalue weighted by Crippen LogP contribution is 2.37. The Kier molecular flexibility index (Phi) is 9.98. The minimum Gasteiger partial charge on any atom is -0.474 e. The van der Waals surface area contributed by atoms with E-state index in [-0.39, 0.29) is 67.4 Å². The molecule has 13 heteroatoms. The standard InChI is InChI=1S/C31H42F4N6O3/c1-19-12-39(26(11-36-19)13-40-20(2)15-43-16-21(40)3)14-28(42)41-22(4)17-44-30-27(41)10-24(9-23-5-7-25(32)8-6-23)29(38-30)37-18-31(33,34)35/h5-8,10,19-22,26,36H,9,11-18H2,1-4H3,(H,37,38)/t19-,20-,21-,22+,26-/m1/s1. The van der Waals surface area contributed by atoms with Crippen LogP contribution in [0.15, 0.2) is 30.3 Å². The van der Waals surface area contributed by atoms with E-state index >= 15 is 0 Å². The molecule has 4 heterocycles. The third-order valence-electron chi connectivity index (χ3n) is 8.58. The average Bonchev–Trinajstić information content (AvgIpc) is 2.95. The second-order valence-corrected chi connectivity index (χ2v) is 12.3. The molecule has 2 N–H and O–H groups in total. The number of fused-ring (bicyclic) bond motifs is 1. The van der Waals surface area contributed by atoms with E-state index in [1.807, 2.05) is 6.92 Å². The highest BCUT2D eigenvalue weighted by Gasteiger charge is 2.37. The summed E-state index contributed by atoms with van der Waals surface area (Å²) in [4.78, 5) is 24.9. The first-order valence-corrected chi connectivity index (χ1v) is 15.2. The number of pyridine rings is 1. The number of nitrogens with zero attached hydrogens (tertiary/aromatic N) is 4. The molecule has 9 nitrogen and oxygen atoms in total. The molecule has 2 fully saturated rings. The van der Waals surface area contributed by atoms with Crippen molar-refractivity contribution in [3.8, 4) is 5.88 Å². The van der Waals surface area contributed by atoms with Gasteiger partial charge in [-0.25, -0.2) is 4.39 Å². The number of benzene rings is 1. The van der Waals surface area contributed by atoms with E-state index in [9.17, 15) is 22.4 Å². The number of alkyl halides is 3. The molecule has 5 atom stereocenters. The highest BCUT2D eigenvalue weighted by molar-refractivity contribution is 5.97. The molecule has 0 saturated carbocycles. The molecule has 1 amide bonds. The van der Waals surface area contributed by atoms with Crippen molar-refractivity contribution >= 4 is 17.4 Å². The zero-order valence-corrected chi connectivity index (χ0v) is 25.7. The molecule has 0 radical (unpaired) electrons. The molecule has 1 aromatic carbocycles. The minimum atomic E-state index is -4.46. The van der Waals surface area contributed by atoms with Crippen molar-refractivity contribution in [3.63, 3.8) is 0 Å². The lowest BCUT2D eigenvalue weighted by molar-refractivity contribution is -0.122. The number of amides is 1. The van der Waals surface area contributed by atoms with E-state index in [1.165, 1.54) is 12.1 Å². The smallest absolute Gasteiger partial charge is 0.405 e. The quantitative estimate of drug-likeness (QED) is 0.432. The van der Waals surface area contributed by atoms with Crippen LogP contribution in [-0.2, 0) is 16.0 Å². The van der Waals surface area contributed by atoms with Gasteiger partial charge in [0, 0.05) is 55.8 Å². The monoisotopic (exact) mass is 622 g/mol. The van der Waals surface area contributed by atoms with Crippen LogP contribution in [0.3, 0.4) is 0 Å². The van der Waals surface area contributed by atoms with Crippen LogP contribution in [0.5, 0.6) is 5.88 Å². The molecule has 3 aliphatic heterocycles. The Hall–Kier alpha value is -3.00. The number of nitrogens with one attached hydrogen (secondary N) is 2. The van der Waals surface area contributed by atoms with Crippen molar-refractivity contribution in [3.05, 3.63) is 47.3 Å². The molecule has 242 valence electrons. The largest absolute Gasteiger partial charge is 0.474 e. The van der Waals surface area contributed by atoms with Crippen molar-refractivity contribution in [2.24, 2.45) is 0 Å². The van der Waals surface area contributed by atoms with Crippen LogP contribution in [-0.4, -0.2) is 110 Å². The van der Waals surface area contributed by atoms with Crippen LogP contribution >= 0.6 is 0 Å². The first-order valence-electron chi connectivity index (χ1n) is 15.2. The zero-order chi connectivity index (χ0) is 31.6. The third kappa shape index (κ3) is 7.79. The zero-order valence-electron chi connectivity index (χ0n) is 25.7. The first kappa shape index (κ1) is 32.4. The van der Waals surface area contributed by atoms with E-state index in [4.69, 9.17) is 9.47 Å². The van der Waals surface area contributed by atoms with Gasteiger partial charge in [-0.05, 0) is 51.5 Å². The van der Waals surface area contributed by atoms with Crippen LogP contribution in [0.2, 0.25) is 0 Å². The summed E-state index contributed by atoms with van der Waals surface area (Å²) in [6.07, 6.45) is -4.28. The predicted octanol–water partition coefficient (Wildman–Crippen LogP) is 3.67. The summed E-state index contributed by atoms with van der Waals surface area (Å²) >= 11 is 0. The molecule has 1 aromatic heterocycles. The summed E-state index contributed by atoms with van der Waals surface area (Å²) in [6.45, 7) is 10.9. The van der Waals surface area contributed by atoms with E-state index < -0.39 is 18.5 Å². The van der Waals surface area contributed by atoms with Crippen molar-refractivity contribution in [1.82, 2.24) is 20.1 Å². The SMILES string of the molecule is C[C@@H]1CN(CC(=O)N2c3cc(Cc4ccc(F)cc4)c(NCC(F)(F)F)nc3OC[C@@H]2C)[C@@H](CN2[C@H](C)COC[C@H]2C)CN1. The molecule has 0 spiro atoms. The number of piperazine rings is 1. The Morgan fingerprint density at radius 2 is 1.77 bits per heavy atom. The fourth-order valence-corrected chi connectivity index (χ4v) is 6.28. The number of hydrogen-bond acceptors (Lipinski definition) is 8. The fourth-order valence-electron chi connectivity index (χ4n) is 6.28. The van der Waals surface area contributed by atoms with Crippen LogP contribution < -0.4 is 20.3 Å². The Morgan fingerprint density at radius 3 is 2.45 bits per heavy atom. The summed E-state index contributed by atoms with van der Waals surface area (Å²) in [5, 5.41) is 5.95. The summed E-state index contributed by atoms with van der Waals surface area (Å²) in [6, 6.07) is 7.96. The van der Waals surface area contributed by atoms with Gasteiger partial charge in [0.15, 0.2) is 0 Å².